The van der Waals surface area contributed by atoms with Gasteiger partial charge in [-0.2, -0.15) is 0 Å². The zero-order valence-corrected chi connectivity index (χ0v) is 17.0. The molecule has 27 heavy (non-hydrogen) atoms. The van der Waals surface area contributed by atoms with E-state index in [0.717, 1.165) is 15.7 Å². The van der Waals surface area contributed by atoms with Crippen molar-refractivity contribution >= 4 is 33.4 Å². The number of halogens is 1. The van der Waals surface area contributed by atoms with Gasteiger partial charge >= 0.3 is 0 Å². The van der Waals surface area contributed by atoms with Crippen LogP contribution in [-0.2, 0) is 16.0 Å². The first-order valence-corrected chi connectivity index (χ1v) is 9.90. The topological polar surface area (TPSA) is 52.7 Å². The highest BCUT2D eigenvalue weighted by molar-refractivity contribution is 9.10. The molecular weight excluding hydrogens is 406 g/mol. The molecule has 2 aromatic rings. The predicted molar refractivity (Wildman–Crippen MR) is 111 cm³/mol. The van der Waals surface area contributed by atoms with Crippen LogP contribution in [0.25, 0.3) is 0 Å². The molecule has 2 aromatic carbocycles. The highest BCUT2D eigenvalue weighted by Gasteiger charge is 2.22. The quantitative estimate of drug-likeness (QED) is 0.794. The number of carbonyl (C=O) groups is 2. The maximum absolute atomic E-state index is 12.5. The van der Waals surface area contributed by atoms with E-state index in [-0.39, 0.29) is 11.8 Å². The number of hydrogen-bond acceptors (Lipinski definition) is 3. The average molecular weight is 430 g/mol. The number of hydrogen-bond donors (Lipinski definition) is 1. The van der Waals surface area contributed by atoms with Crippen molar-refractivity contribution in [2.24, 2.45) is 0 Å². The van der Waals surface area contributed by atoms with Crippen molar-refractivity contribution in [1.29, 1.82) is 0 Å². The monoisotopic (exact) mass is 429 g/mol. The van der Waals surface area contributed by atoms with Crippen LogP contribution in [0.15, 0.2) is 53.0 Å². The van der Waals surface area contributed by atoms with E-state index in [2.05, 4.69) is 26.1 Å². The highest BCUT2D eigenvalue weighted by atomic mass is 79.9. The Hall–Kier alpha value is -2.18. The summed E-state index contributed by atoms with van der Waals surface area (Å²) in [6.45, 7) is 5.14. The zero-order chi connectivity index (χ0) is 19.2. The number of carbonyl (C=O) groups excluding carboxylic acids is 2. The predicted octanol–water partition coefficient (Wildman–Crippen LogP) is 3.08. The van der Waals surface area contributed by atoms with Crippen LogP contribution in [0.4, 0.5) is 5.69 Å². The lowest BCUT2D eigenvalue weighted by molar-refractivity contribution is -0.132. The van der Waals surface area contributed by atoms with Crippen molar-refractivity contribution in [3.05, 3.63) is 64.1 Å². The Balaban J connectivity index is 1.42. The molecule has 142 valence electrons. The van der Waals surface area contributed by atoms with E-state index in [1.165, 1.54) is 5.56 Å². The molecular formula is C21H24BrN3O2. The normalized spacial score (nSPS) is 14.8. The fourth-order valence-electron chi connectivity index (χ4n) is 3.08. The van der Waals surface area contributed by atoms with Gasteiger partial charge in [0, 0.05) is 36.3 Å². The van der Waals surface area contributed by atoms with Gasteiger partial charge in [0.15, 0.2) is 0 Å². The summed E-state index contributed by atoms with van der Waals surface area (Å²) >= 11 is 3.38. The Kier molecular flexibility index (Phi) is 6.63. The van der Waals surface area contributed by atoms with Crippen molar-refractivity contribution in [2.45, 2.75) is 13.3 Å². The van der Waals surface area contributed by atoms with Crippen LogP contribution in [0.5, 0.6) is 0 Å². The Morgan fingerprint density at radius 2 is 1.59 bits per heavy atom. The molecule has 0 saturated carbocycles. The van der Waals surface area contributed by atoms with Crippen LogP contribution in [0, 0.1) is 6.92 Å². The molecule has 1 aliphatic heterocycles. The zero-order valence-electron chi connectivity index (χ0n) is 15.5. The molecule has 0 bridgehead atoms. The van der Waals surface area contributed by atoms with Gasteiger partial charge in [0.1, 0.15) is 0 Å². The molecule has 1 aliphatic rings. The van der Waals surface area contributed by atoms with Crippen molar-refractivity contribution in [2.75, 3.05) is 38.0 Å². The Labute approximate surface area is 168 Å². The molecule has 3 rings (SSSR count). The van der Waals surface area contributed by atoms with Crippen LogP contribution < -0.4 is 5.32 Å². The highest BCUT2D eigenvalue weighted by Crippen LogP contribution is 2.14. The third-order valence-corrected chi connectivity index (χ3v) is 5.22. The van der Waals surface area contributed by atoms with Crippen molar-refractivity contribution in [3.8, 4) is 0 Å². The maximum Gasteiger partial charge on any atom is 0.238 e. The third kappa shape index (κ3) is 5.91. The molecule has 6 heteroatoms. The van der Waals surface area contributed by atoms with E-state index in [4.69, 9.17) is 0 Å². The van der Waals surface area contributed by atoms with Gasteiger partial charge in [0.2, 0.25) is 11.8 Å². The van der Waals surface area contributed by atoms with Crippen molar-refractivity contribution in [3.63, 3.8) is 0 Å². The van der Waals surface area contributed by atoms with E-state index in [1.807, 2.05) is 60.4 Å². The number of anilines is 1. The van der Waals surface area contributed by atoms with Crippen LogP contribution in [0.2, 0.25) is 0 Å². The van der Waals surface area contributed by atoms with E-state index in [0.29, 0.717) is 39.1 Å². The van der Waals surface area contributed by atoms with Gasteiger partial charge in [-0.05, 0) is 36.8 Å². The number of aryl methyl sites for hydroxylation is 1. The van der Waals surface area contributed by atoms with Gasteiger partial charge in [0.25, 0.3) is 0 Å². The van der Waals surface area contributed by atoms with Crippen LogP contribution in [-0.4, -0.2) is 54.3 Å². The molecule has 1 saturated heterocycles. The first-order chi connectivity index (χ1) is 13.0. The molecule has 0 unspecified atom stereocenters. The van der Waals surface area contributed by atoms with E-state index in [9.17, 15) is 9.59 Å². The summed E-state index contributed by atoms with van der Waals surface area (Å²) in [5, 5.41) is 2.91. The first kappa shape index (κ1) is 19.6. The number of piperazine rings is 1. The first-order valence-electron chi connectivity index (χ1n) is 9.11. The summed E-state index contributed by atoms with van der Waals surface area (Å²) in [5.74, 6) is 0.120. The molecule has 0 atom stereocenters. The Morgan fingerprint density at radius 3 is 2.22 bits per heavy atom. The largest absolute Gasteiger partial charge is 0.340 e. The van der Waals surface area contributed by atoms with Crippen LogP contribution in [0.1, 0.15) is 11.1 Å². The number of nitrogens with one attached hydrogen (secondary N) is 1. The summed E-state index contributed by atoms with van der Waals surface area (Å²) in [5.41, 5.74) is 3.03. The van der Waals surface area contributed by atoms with Gasteiger partial charge in [0.05, 0.1) is 13.0 Å². The molecule has 5 nitrogen and oxygen atoms in total. The lowest BCUT2D eigenvalue weighted by Gasteiger charge is -2.34. The summed E-state index contributed by atoms with van der Waals surface area (Å²) in [6.07, 6.45) is 0.435. The SMILES string of the molecule is Cc1ccc(CC(=O)N2CCN(CC(=O)Nc3ccc(Br)cc3)CC2)cc1. The Morgan fingerprint density at radius 1 is 0.963 bits per heavy atom. The third-order valence-electron chi connectivity index (χ3n) is 4.70. The standard InChI is InChI=1S/C21H24BrN3O2/c1-16-2-4-17(5-3-16)14-21(27)25-12-10-24(11-13-25)15-20(26)23-19-8-6-18(22)7-9-19/h2-9H,10-15H2,1H3,(H,23,26). The maximum atomic E-state index is 12.5. The van der Waals surface area contributed by atoms with Crippen molar-refractivity contribution in [1.82, 2.24) is 9.80 Å². The minimum atomic E-state index is -0.0308. The Bertz CT molecular complexity index is 782. The smallest absolute Gasteiger partial charge is 0.238 e. The van der Waals surface area contributed by atoms with Gasteiger partial charge < -0.3 is 10.2 Å². The summed E-state index contributed by atoms with van der Waals surface area (Å²) < 4.78 is 0.979. The van der Waals surface area contributed by atoms with Gasteiger partial charge in [-0.1, -0.05) is 45.8 Å². The molecule has 0 aromatic heterocycles. The summed E-state index contributed by atoms with van der Waals surface area (Å²) in [7, 11) is 0. The summed E-state index contributed by atoms with van der Waals surface area (Å²) in [6, 6.07) is 15.6. The lowest BCUT2D eigenvalue weighted by Crippen LogP contribution is -2.50. The van der Waals surface area contributed by atoms with Gasteiger partial charge in [-0.15, -0.1) is 0 Å². The fraction of sp³-hybridized carbons (Fsp3) is 0.333. The fourth-order valence-corrected chi connectivity index (χ4v) is 3.35. The minimum absolute atomic E-state index is 0.0308. The molecule has 2 amide bonds. The molecule has 0 radical (unpaired) electrons. The van der Waals surface area contributed by atoms with Gasteiger partial charge in [-0.3, -0.25) is 14.5 Å². The lowest BCUT2D eigenvalue weighted by atomic mass is 10.1. The number of amides is 2. The molecule has 1 fully saturated rings. The van der Waals surface area contributed by atoms with Crippen LogP contribution in [0.3, 0.4) is 0 Å². The minimum Gasteiger partial charge on any atom is -0.340 e. The van der Waals surface area contributed by atoms with E-state index >= 15 is 0 Å². The number of nitrogens with zero attached hydrogens (tertiary/aromatic N) is 2. The molecule has 1 heterocycles. The molecule has 0 aliphatic carbocycles. The second-order valence-electron chi connectivity index (χ2n) is 6.87. The number of rotatable bonds is 5. The molecule has 1 N–H and O–H groups in total. The van der Waals surface area contributed by atoms with Crippen LogP contribution >= 0.6 is 15.9 Å². The summed E-state index contributed by atoms with van der Waals surface area (Å²) in [4.78, 5) is 28.7. The second kappa shape index (κ2) is 9.15. The number of benzene rings is 2. The average Bonchev–Trinajstić information content (AvgIpc) is 2.66. The van der Waals surface area contributed by atoms with Crippen molar-refractivity contribution < 1.29 is 9.59 Å². The second-order valence-corrected chi connectivity index (χ2v) is 7.79. The van der Waals surface area contributed by atoms with Gasteiger partial charge in [-0.25, -0.2) is 0 Å². The van der Waals surface area contributed by atoms with E-state index < -0.39 is 0 Å². The molecule has 0 spiro atoms. The van der Waals surface area contributed by atoms with E-state index in [1.54, 1.807) is 0 Å².